The van der Waals surface area contributed by atoms with Crippen LogP contribution in [-0.4, -0.2) is 33.6 Å². The van der Waals surface area contributed by atoms with Crippen molar-refractivity contribution in [1.29, 1.82) is 0 Å². The standard InChI is InChI=1S/C24H26ClFN4O4/c1-13-19(21(32)23(34)29-24(8-3-9-24)10-7-18(27)31)17-4-2-11-30(17)20(13)22(33)28-14-5-6-16(26)15(25)12-14/h5-6,12H,2-4,7-11H2,1H3,(H2,27,31)(H,28,33)(H,29,34). The molecule has 0 spiro atoms. The zero-order valence-electron chi connectivity index (χ0n) is 18.8. The fraction of sp³-hybridized carbons (Fsp3) is 0.417. The van der Waals surface area contributed by atoms with Gasteiger partial charge in [0.2, 0.25) is 5.91 Å². The molecule has 0 atom stereocenters. The Bertz CT molecular complexity index is 1200. The van der Waals surface area contributed by atoms with Gasteiger partial charge in [0.05, 0.1) is 10.6 Å². The third-order valence-corrected chi connectivity index (χ3v) is 7.06. The van der Waals surface area contributed by atoms with Crippen LogP contribution in [0.25, 0.3) is 0 Å². The van der Waals surface area contributed by atoms with E-state index in [9.17, 15) is 23.6 Å². The lowest BCUT2D eigenvalue weighted by Crippen LogP contribution is -2.55. The Morgan fingerprint density at radius 3 is 2.56 bits per heavy atom. The van der Waals surface area contributed by atoms with Gasteiger partial charge >= 0.3 is 0 Å². The van der Waals surface area contributed by atoms with E-state index in [-0.39, 0.29) is 22.7 Å². The molecular formula is C24H26ClFN4O4. The van der Waals surface area contributed by atoms with Gasteiger partial charge in [-0.2, -0.15) is 0 Å². The number of ketones is 1. The molecule has 2 heterocycles. The van der Waals surface area contributed by atoms with Gasteiger partial charge in [-0.05, 0) is 69.2 Å². The Kier molecular flexibility index (Phi) is 6.49. The van der Waals surface area contributed by atoms with E-state index in [2.05, 4.69) is 10.6 Å². The molecule has 8 nitrogen and oxygen atoms in total. The molecule has 0 saturated heterocycles. The number of halogens is 2. The van der Waals surface area contributed by atoms with Gasteiger partial charge in [0.25, 0.3) is 17.6 Å². The summed E-state index contributed by atoms with van der Waals surface area (Å²) in [6.45, 7) is 2.19. The van der Waals surface area contributed by atoms with Crippen molar-refractivity contribution < 1.29 is 23.6 Å². The molecule has 1 aromatic carbocycles. The molecule has 0 unspecified atom stereocenters. The highest BCUT2D eigenvalue weighted by atomic mass is 35.5. The van der Waals surface area contributed by atoms with Crippen molar-refractivity contribution in [3.8, 4) is 0 Å². The highest BCUT2D eigenvalue weighted by molar-refractivity contribution is 6.44. The predicted octanol–water partition coefficient (Wildman–Crippen LogP) is 3.27. The van der Waals surface area contributed by atoms with E-state index in [0.717, 1.165) is 18.9 Å². The number of nitrogens with zero attached hydrogens (tertiary/aromatic N) is 1. The molecule has 2 aromatic rings. The Hall–Kier alpha value is -3.20. The molecule has 0 bridgehead atoms. The summed E-state index contributed by atoms with van der Waals surface area (Å²) in [6, 6.07) is 3.86. The van der Waals surface area contributed by atoms with Crippen LogP contribution in [-0.2, 0) is 22.6 Å². The first-order chi connectivity index (χ1) is 16.1. The summed E-state index contributed by atoms with van der Waals surface area (Å²) in [5, 5.41) is 5.41. The molecule has 1 aliphatic heterocycles. The number of aromatic nitrogens is 1. The first-order valence-corrected chi connectivity index (χ1v) is 11.6. The van der Waals surface area contributed by atoms with Gasteiger partial charge in [-0.25, -0.2) is 4.39 Å². The molecule has 34 heavy (non-hydrogen) atoms. The van der Waals surface area contributed by atoms with Crippen LogP contribution in [0.15, 0.2) is 18.2 Å². The van der Waals surface area contributed by atoms with Gasteiger partial charge in [0.15, 0.2) is 0 Å². The van der Waals surface area contributed by atoms with E-state index in [0.29, 0.717) is 49.2 Å². The quantitative estimate of drug-likeness (QED) is 0.389. The van der Waals surface area contributed by atoms with E-state index < -0.39 is 34.9 Å². The summed E-state index contributed by atoms with van der Waals surface area (Å²) in [6.07, 6.45) is 4.08. The second-order valence-electron chi connectivity index (χ2n) is 9.02. The van der Waals surface area contributed by atoms with Crippen LogP contribution < -0.4 is 16.4 Å². The van der Waals surface area contributed by atoms with E-state index in [1.165, 1.54) is 12.1 Å². The minimum Gasteiger partial charge on any atom is -0.370 e. The number of primary amides is 1. The van der Waals surface area contributed by atoms with Crippen molar-refractivity contribution in [1.82, 2.24) is 9.88 Å². The Labute approximate surface area is 201 Å². The van der Waals surface area contributed by atoms with E-state index in [1.807, 2.05) is 0 Å². The summed E-state index contributed by atoms with van der Waals surface area (Å²) >= 11 is 5.81. The number of anilines is 1. The molecule has 1 aliphatic carbocycles. The molecule has 4 rings (SSSR count). The van der Waals surface area contributed by atoms with Crippen molar-refractivity contribution in [2.45, 2.75) is 64.0 Å². The van der Waals surface area contributed by atoms with Crippen molar-refractivity contribution in [3.05, 3.63) is 51.6 Å². The summed E-state index contributed by atoms with van der Waals surface area (Å²) < 4.78 is 15.2. The van der Waals surface area contributed by atoms with Crippen LogP contribution in [0.3, 0.4) is 0 Å². The normalized spacial score (nSPS) is 15.9. The van der Waals surface area contributed by atoms with Crippen LogP contribution in [0.5, 0.6) is 0 Å². The van der Waals surface area contributed by atoms with E-state index in [1.54, 1.807) is 11.5 Å². The van der Waals surface area contributed by atoms with E-state index >= 15 is 0 Å². The molecule has 0 radical (unpaired) electrons. The van der Waals surface area contributed by atoms with Crippen LogP contribution >= 0.6 is 11.6 Å². The van der Waals surface area contributed by atoms with E-state index in [4.69, 9.17) is 17.3 Å². The summed E-state index contributed by atoms with van der Waals surface area (Å²) in [5.41, 5.74) is 6.57. The zero-order chi connectivity index (χ0) is 24.6. The summed E-state index contributed by atoms with van der Waals surface area (Å²) in [7, 11) is 0. The smallest absolute Gasteiger partial charge is 0.292 e. The minimum absolute atomic E-state index is 0.122. The number of benzene rings is 1. The molecular weight excluding hydrogens is 463 g/mol. The molecule has 1 aromatic heterocycles. The highest BCUT2D eigenvalue weighted by Gasteiger charge is 2.41. The SMILES string of the molecule is Cc1c(C(=O)C(=O)NC2(CCC(N)=O)CCC2)c2n(c1C(=O)Nc1ccc(F)c(Cl)c1)CCC2. The second kappa shape index (κ2) is 9.21. The number of Topliss-reactive ketones (excluding diaryl/α,β-unsaturated/α-hetero) is 1. The van der Waals surface area contributed by atoms with Gasteiger partial charge in [-0.15, -0.1) is 0 Å². The van der Waals surface area contributed by atoms with Gasteiger partial charge in [0.1, 0.15) is 11.5 Å². The minimum atomic E-state index is -0.746. The topological polar surface area (TPSA) is 123 Å². The Balaban J connectivity index is 1.58. The molecule has 10 heteroatoms. The predicted molar refractivity (Wildman–Crippen MR) is 124 cm³/mol. The lowest BCUT2D eigenvalue weighted by molar-refractivity contribution is -0.122. The lowest BCUT2D eigenvalue weighted by Gasteiger charge is -2.42. The van der Waals surface area contributed by atoms with Gasteiger partial charge in [-0.3, -0.25) is 19.2 Å². The Morgan fingerprint density at radius 1 is 1.21 bits per heavy atom. The number of rotatable bonds is 8. The second-order valence-corrected chi connectivity index (χ2v) is 9.42. The van der Waals surface area contributed by atoms with Crippen LogP contribution in [0.4, 0.5) is 10.1 Å². The van der Waals surface area contributed by atoms with Crippen molar-refractivity contribution in [3.63, 3.8) is 0 Å². The lowest BCUT2D eigenvalue weighted by atomic mass is 9.73. The number of carbonyl (C=O) groups excluding carboxylic acids is 4. The van der Waals surface area contributed by atoms with Gasteiger partial charge in [-0.1, -0.05) is 11.6 Å². The summed E-state index contributed by atoms with van der Waals surface area (Å²) in [4.78, 5) is 50.5. The van der Waals surface area contributed by atoms with Crippen LogP contribution in [0, 0.1) is 12.7 Å². The van der Waals surface area contributed by atoms with Crippen molar-refractivity contribution in [2.75, 3.05) is 5.32 Å². The number of carbonyl (C=O) groups is 4. The van der Waals surface area contributed by atoms with Crippen LogP contribution in [0.2, 0.25) is 5.02 Å². The van der Waals surface area contributed by atoms with Gasteiger partial charge < -0.3 is 20.9 Å². The molecule has 3 amide bonds. The highest BCUT2D eigenvalue weighted by Crippen LogP contribution is 2.36. The number of nitrogens with two attached hydrogens (primary N) is 1. The fourth-order valence-corrected chi connectivity index (χ4v) is 5.07. The number of hydrogen-bond donors (Lipinski definition) is 3. The third-order valence-electron chi connectivity index (χ3n) is 6.77. The third kappa shape index (κ3) is 4.44. The number of fused-ring (bicyclic) bond motifs is 1. The van der Waals surface area contributed by atoms with Gasteiger partial charge in [0, 0.05) is 29.9 Å². The average Bonchev–Trinajstić information content (AvgIpc) is 3.31. The zero-order valence-corrected chi connectivity index (χ0v) is 19.6. The maximum atomic E-state index is 13.5. The first-order valence-electron chi connectivity index (χ1n) is 11.3. The molecule has 4 N–H and O–H groups in total. The Morgan fingerprint density at radius 2 is 1.94 bits per heavy atom. The molecule has 180 valence electrons. The van der Waals surface area contributed by atoms with Crippen LogP contribution in [0.1, 0.15) is 70.6 Å². The first kappa shape index (κ1) is 23.9. The number of amides is 3. The molecule has 1 saturated carbocycles. The average molecular weight is 489 g/mol. The van der Waals surface area contributed by atoms with Crippen molar-refractivity contribution in [2.24, 2.45) is 5.73 Å². The van der Waals surface area contributed by atoms with Crippen molar-refractivity contribution >= 4 is 40.8 Å². The molecule has 1 fully saturated rings. The fourth-order valence-electron chi connectivity index (χ4n) is 4.89. The maximum Gasteiger partial charge on any atom is 0.292 e. The maximum absolute atomic E-state index is 13.5. The summed E-state index contributed by atoms with van der Waals surface area (Å²) in [5.74, 6) is -2.97. The number of nitrogens with one attached hydrogen (secondary N) is 2. The largest absolute Gasteiger partial charge is 0.370 e. The molecule has 2 aliphatic rings. The number of hydrogen-bond acceptors (Lipinski definition) is 4. The monoisotopic (exact) mass is 488 g/mol.